The molecule has 0 aliphatic carbocycles. The minimum atomic E-state index is -0.244. The Morgan fingerprint density at radius 2 is 1.81 bits per heavy atom. The van der Waals surface area contributed by atoms with Gasteiger partial charge in [-0.15, -0.1) is 11.6 Å². The zero-order valence-corrected chi connectivity index (χ0v) is 13.1. The van der Waals surface area contributed by atoms with Crippen molar-refractivity contribution in [1.29, 1.82) is 0 Å². The smallest absolute Gasteiger partial charge is 0.224 e. The molecule has 1 unspecified atom stereocenters. The van der Waals surface area contributed by atoms with Crippen LogP contribution in [0.4, 0.5) is 5.69 Å². The summed E-state index contributed by atoms with van der Waals surface area (Å²) >= 11 is 12.8. The first-order valence-electron chi connectivity index (χ1n) is 6.87. The molecule has 0 bridgehead atoms. The number of aryl methyl sites for hydroxylation is 2. The number of alkyl halides is 1. The third-order valence-electron chi connectivity index (χ3n) is 3.81. The minimum Gasteiger partial charge on any atom is -0.326 e. The number of carbonyl (C=O) groups is 1. The quantitative estimate of drug-likeness (QED) is 0.787. The van der Waals surface area contributed by atoms with Gasteiger partial charge in [0.15, 0.2) is 0 Å². The molecule has 2 aromatic carbocycles. The van der Waals surface area contributed by atoms with Crippen LogP contribution in [0.3, 0.4) is 0 Å². The number of hydrogen-bond donors (Lipinski definition) is 1. The Bertz CT molecular complexity index is 712. The molecule has 21 heavy (non-hydrogen) atoms. The highest BCUT2D eigenvalue weighted by Crippen LogP contribution is 2.34. The summed E-state index contributed by atoms with van der Waals surface area (Å²) in [5.41, 5.74) is 5.06. The second kappa shape index (κ2) is 5.70. The Morgan fingerprint density at radius 3 is 2.57 bits per heavy atom. The number of rotatable bonds is 2. The lowest BCUT2D eigenvalue weighted by molar-refractivity contribution is -0.116. The van der Waals surface area contributed by atoms with E-state index in [0.29, 0.717) is 6.42 Å². The van der Waals surface area contributed by atoms with Crippen molar-refractivity contribution < 1.29 is 4.79 Å². The molecule has 4 heteroatoms. The fourth-order valence-corrected chi connectivity index (χ4v) is 2.98. The molecule has 1 amide bonds. The van der Waals surface area contributed by atoms with E-state index in [2.05, 4.69) is 11.4 Å². The number of carbonyl (C=O) groups excluding carboxylic acids is 1. The maximum absolute atomic E-state index is 11.4. The molecule has 1 aliphatic heterocycles. The normalized spacial score (nSPS) is 15.3. The van der Waals surface area contributed by atoms with Gasteiger partial charge in [0, 0.05) is 17.1 Å². The van der Waals surface area contributed by atoms with Crippen LogP contribution in [0.25, 0.3) is 0 Å². The van der Waals surface area contributed by atoms with E-state index in [1.165, 1.54) is 0 Å². The van der Waals surface area contributed by atoms with E-state index in [0.717, 1.165) is 39.4 Å². The predicted octanol–water partition coefficient (Wildman–Crippen LogP) is 4.86. The average Bonchev–Trinajstić information content (AvgIpc) is 2.49. The summed E-state index contributed by atoms with van der Waals surface area (Å²) < 4.78 is 0. The maximum atomic E-state index is 11.4. The van der Waals surface area contributed by atoms with Gasteiger partial charge in [-0.3, -0.25) is 4.79 Å². The first-order valence-corrected chi connectivity index (χ1v) is 7.69. The monoisotopic (exact) mass is 319 g/mol. The van der Waals surface area contributed by atoms with Gasteiger partial charge in [-0.05, 0) is 47.7 Å². The Labute approximate surface area is 134 Å². The molecule has 0 saturated heterocycles. The van der Waals surface area contributed by atoms with E-state index in [-0.39, 0.29) is 11.3 Å². The van der Waals surface area contributed by atoms with Gasteiger partial charge >= 0.3 is 0 Å². The lowest BCUT2D eigenvalue weighted by atomic mass is 9.96. The molecular formula is C17H15Cl2NO. The summed E-state index contributed by atoms with van der Waals surface area (Å²) in [6.45, 7) is 1.97. The molecule has 0 saturated carbocycles. The molecule has 1 heterocycles. The molecule has 0 spiro atoms. The SMILES string of the molecule is Cc1ccc(C(Cl)c2ccc3c(c2)CCC(=O)N3)cc1Cl. The van der Waals surface area contributed by atoms with E-state index >= 15 is 0 Å². The molecule has 3 rings (SSSR count). The van der Waals surface area contributed by atoms with Crippen molar-refractivity contribution in [1.82, 2.24) is 0 Å². The Morgan fingerprint density at radius 1 is 1.10 bits per heavy atom. The van der Waals surface area contributed by atoms with Gasteiger partial charge in [0.1, 0.15) is 0 Å². The third kappa shape index (κ3) is 2.92. The van der Waals surface area contributed by atoms with Gasteiger partial charge in [0.2, 0.25) is 5.91 Å². The Hall–Kier alpha value is -1.51. The van der Waals surface area contributed by atoms with Gasteiger partial charge in [-0.2, -0.15) is 0 Å². The van der Waals surface area contributed by atoms with Crippen LogP contribution in [0, 0.1) is 6.92 Å². The van der Waals surface area contributed by atoms with Crippen molar-refractivity contribution in [2.45, 2.75) is 25.1 Å². The first kappa shape index (κ1) is 14.4. The molecule has 1 atom stereocenters. The summed E-state index contributed by atoms with van der Waals surface area (Å²) in [7, 11) is 0. The van der Waals surface area contributed by atoms with Crippen LogP contribution in [0.15, 0.2) is 36.4 Å². The van der Waals surface area contributed by atoms with Crippen LogP contribution in [-0.4, -0.2) is 5.91 Å². The highest BCUT2D eigenvalue weighted by molar-refractivity contribution is 6.31. The predicted molar refractivity (Wildman–Crippen MR) is 87.3 cm³/mol. The van der Waals surface area contributed by atoms with Gasteiger partial charge in [0.25, 0.3) is 0 Å². The van der Waals surface area contributed by atoms with E-state index in [4.69, 9.17) is 23.2 Å². The van der Waals surface area contributed by atoms with Crippen molar-refractivity contribution in [3.63, 3.8) is 0 Å². The van der Waals surface area contributed by atoms with Crippen molar-refractivity contribution in [3.05, 3.63) is 63.7 Å². The lowest BCUT2D eigenvalue weighted by Gasteiger charge is -2.19. The van der Waals surface area contributed by atoms with Crippen LogP contribution < -0.4 is 5.32 Å². The Balaban J connectivity index is 1.93. The highest BCUT2D eigenvalue weighted by Gasteiger charge is 2.18. The molecule has 0 radical (unpaired) electrons. The van der Waals surface area contributed by atoms with E-state index in [9.17, 15) is 4.79 Å². The molecule has 1 aliphatic rings. The van der Waals surface area contributed by atoms with Crippen LogP contribution in [0.1, 0.15) is 34.1 Å². The van der Waals surface area contributed by atoms with Crippen molar-refractivity contribution >= 4 is 34.8 Å². The summed E-state index contributed by atoms with van der Waals surface area (Å²) in [6, 6.07) is 11.8. The number of halogens is 2. The molecular weight excluding hydrogens is 305 g/mol. The minimum absolute atomic E-state index is 0.0722. The van der Waals surface area contributed by atoms with Crippen LogP contribution in [-0.2, 0) is 11.2 Å². The first-order chi connectivity index (χ1) is 10.0. The van der Waals surface area contributed by atoms with Crippen molar-refractivity contribution in [2.24, 2.45) is 0 Å². The highest BCUT2D eigenvalue weighted by atomic mass is 35.5. The number of anilines is 1. The van der Waals surface area contributed by atoms with Crippen molar-refractivity contribution in [3.8, 4) is 0 Å². The molecule has 2 aromatic rings. The second-order valence-corrected chi connectivity index (χ2v) is 6.18. The number of benzene rings is 2. The summed E-state index contributed by atoms with van der Waals surface area (Å²) in [5.74, 6) is 0.0722. The third-order valence-corrected chi connectivity index (χ3v) is 4.72. The molecule has 108 valence electrons. The average molecular weight is 320 g/mol. The summed E-state index contributed by atoms with van der Waals surface area (Å²) in [6.07, 6.45) is 1.28. The van der Waals surface area contributed by atoms with Gasteiger partial charge in [0.05, 0.1) is 5.38 Å². The van der Waals surface area contributed by atoms with Crippen LogP contribution >= 0.6 is 23.2 Å². The number of hydrogen-bond acceptors (Lipinski definition) is 1. The summed E-state index contributed by atoms with van der Waals surface area (Å²) in [5, 5.41) is 3.36. The fourth-order valence-electron chi connectivity index (χ4n) is 2.52. The number of nitrogens with one attached hydrogen (secondary N) is 1. The van der Waals surface area contributed by atoms with Crippen molar-refractivity contribution in [2.75, 3.05) is 5.32 Å². The molecule has 1 N–H and O–H groups in total. The molecule has 0 fully saturated rings. The largest absolute Gasteiger partial charge is 0.326 e. The summed E-state index contributed by atoms with van der Waals surface area (Å²) in [4.78, 5) is 11.4. The van der Waals surface area contributed by atoms with E-state index in [1.54, 1.807) is 0 Å². The number of amides is 1. The van der Waals surface area contributed by atoms with Crippen LogP contribution in [0.2, 0.25) is 5.02 Å². The van der Waals surface area contributed by atoms with Gasteiger partial charge < -0.3 is 5.32 Å². The van der Waals surface area contributed by atoms with Crippen LogP contribution in [0.5, 0.6) is 0 Å². The van der Waals surface area contributed by atoms with E-state index in [1.807, 2.05) is 37.3 Å². The number of fused-ring (bicyclic) bond motifs is 1. The van der Waals surface area contributed by atoms with Gasteiger partial charge in [-0.1, -0.05) is 35.9 Å². The zero-order chi connectivity index (χ0) is 15.0. The standard InChI is InChI=1S/C17H15Cl2NO/c1-10-2-3-13(9-14(10)18)17(19)12-4-6-15-11(8-12)5-7-16(21)20-15/h2-4,6,8-9,17H,5,7H2,1H3,(H,20,21). The Kier molecular flexibility index (Phi) is 3.92. The molecule has 2 nitrogen and oxygen atoms in total. The second-order valence-electron chi connectivity index (χ2n) is 5.34. The van der Waals surface area contributed by atoms with E-state index < -0.39 is 0 Å². The van der Waals surface area contributed by atoms with Gasteiger partial charge in [-0.25, -0.2) is 0 Å². The zero-order valence-electron chi connectivity index (χ0n) is 11.6. The fraction of sp³-hybridized carbons (Fsp3) is 0.235. The maximum Gasteiger partial charge on any atom is 0.224 e. The lowest BCUT2D eigenvalue weighted by Crippen LogP contribution is -2.19. The topological polar surface area (TPSA) is 29.1 Å². The molecule has 0 aromatic heterocycles.